The molecule has 21 heavy (non-hydrogen) atoms. The molecule has 0 fully saturated rings. The third-order valence-corrected chi connectivity index (χ3v) is 3.61. The van der Waals surface area contributed by atoms with Gasteiger partial charge in [-0.15, -0.1) is 0 Å². The molecule has 1 N–H and O–H groups in total. The van der Waals surface area contributed by atoms with Gasteiger partial charge in [-0.3, -0.25) is 4.79 Å². The molecule has 0 atom stereocenters. The molecule has 0 aromatic carbocycles. The molecule has 3 nitrogen and oxygen atoms in total. The smallest absolute Gasteiger partial charge is 0.267 e. The number of likely N-dealkylation sites (N-methyl/N-ethyl adjacent to an activating group) is 1. The van der Waals surface area contributed by atoms with Gasteiger partial charge in [0.05, 0.1) is 5.70 Å². The van der Waals surface area contributed by atoms with E-state index in [-0.39, 0.29) is 5.91 Å². The molecular formula is C18H36N2O. The molecule has 0 aliphatic heterocycles. The van der Waals surface area contributed by atoms with Crippen molar-refractivity contribution in [2.24, 2.45) is 0 Å². The van der Waals surface area contributed by atoms with E-state index in [0.29, 0.717) is 18.6 Å². The minimum absolute atomic E-state index is 0.0634. The van der Waals surface area contributed by atoms with Crippen LogP contribution in [0, 0.1) is 0 Å². The molecule has 124 valence electrons. The van der Waals surface area contributed by atoms with Gasteiger partial charge in [0.15, 0.2) is 0 Å². The third-order valence-electron chi connectivity index (χ3n) is 3.61. The van der Waals surface area contributed by atoms with Gasteiger partial charge >= 0.3 is 0 Å². The van der Waals surface area contributed by atoms with Crippen molar-refractivity contribution in [3.05, 3.63) is 11.8 Å². The van der Waals surface area contributed by atoms with Crippen molar-refractivity contribution in [2.75, 3.05) is 6.54 Å². The van der Waals surface area contributed by atoms with Gasteiger partial charge in [0.1, 0.15) is 0 Å². The van der Waals surface area contributed by atoms with E-state index in [1.54, 1.807) is 0 Å². The highest BCUT2D eigenvalue weighted by atomic mass is 16.2. The number of amides is 1. The zero-order valence-electron chi connectivity index (χ0n) is 15.0. The monoisotopic (exact) mass is 296 g/mol. The fraction of sp³-hybridized carbons (Fsp3) is 0.833. The Balaban J connectivity index is 4.75. The van der Waals surface area contributed by atoms with Crippen molar-refractivity contribution in [1.82, 2.24) is 10.2 Å². The largest absolute Gasteiger partial charge is 0.363 e. The summed E-state index contributed by atoms with van der Waals surface area (Å²) in [4.78, 5) is 14.6. The van der Waals surface area contributed by atoms with Crippen LogP contribution in [0.25, 0.3) is 0 Å². The number of hydrogen-bond acceptors (Lipinski definition) is 2. The first kappa shape index (κ1) is 20.0. The maximum absolute atomic E-state index is 12.3. The molecule has 0 aliphatic rings. The lowest BCUT2D eigenvalue weighted by molar-refractivity contribution is -0.119. The van der Waals surface area contributed by atoms with Gasteiger partial charge in [0, 0.05) is 18.6 Å². The van der Waals surface area contributed by atoms with Gasteiger partial charge in [-0.1, -0.05) is 38.7 Å². The minimum atomic E-state index is 0.0634. The standard InChI is InChI=1S/C18H36N2O/c1-7-9-10-11-12-13-14-17(18(21)19-8-2)20(15(3)4)16(5)6/h14-16H,7-13H2,1-6H3,(H,19,21)/b17-14+. The molecule has 0 spiro atoms. The molecule has 0 aromatic heterocycles. The van der Waals surface area contributed by atoms with Crippen LogP contribution >= 0.6 is 0 Å². The van der Waals surface area contributed by atoms with Crippen LogP contribution in [0.4, 0.5) is 0 Å². The van der Waals surface area contributed by atoms with Crippen LogP contribution in [0.1, 0.15) is 80.1 Å². The Kier molecular flexibility index (Phi) is 11.1. The Hall–Kier alpha value is -0.990. The first-order valence-corrected chi connectivity index (χ1v) is 8.72. The number of unbranched alkanes of at least 4 members (excludes halogenated alkanes) is 5. The number of rotatable bonds is 11. The van der Waals surface area contributed by atoms with E-state index < -0.39 is 0 Å². The first-order chi connectivity index (χ1) is 9.95. The van der Waals surface area contributed by atoms with Crippen molar-refractivity contribution < 1.29 is 4.79 Å². The Morgan fingerprint density at radius 1 is 1.00 bits per heavy atom. The molecule has 0 heterocycles. The molecule has 0 unspecified atom stereocenters. The molecule has 0 saturated heterocycles. The van der Waals surface area contributed by atoms with E-state index in [1.807, 2.05) is 6.92 Å². The third kappa shape index (κ3) is 8.13. The van der Waals surface area contributed by atoms with E-state index in [9.17, 15) is 4.79 Å². The van der Waals surface area contributed by atoms with Crippen LogP contribution < -0.4 is 5.32 Å². The van der Waals surface area contributed by atoms with Crippen molar-refractivity contribution >= 4 is 5.91 Å². The second-order valence-corrected chi connectivity index (χ2v) is 6.25. The number of nitrogens with zero attached hydrogens (tertiary/aromatic N) is 1. The van der Waals surface area contributed by atoms with Gasteiger partial charge in [-0.05, 0) is 47.5 Å². The Labute approximate surface area is 132 Å². The highest BCUT2D eigenvalue weighted by Crippen LogP contribution is 2.16. The molecule has 0 aromatic rings. The maximum atomic E-state index is 12.3. The Morgan fingerprint density at radius 3 is 2.05 bits per heavy atom. The topological polar surface area (TPSA) is 32.3 Å². The van der Waals surface area contributed by atoms with E-state index >= 15 is 0 Å². The summed E-state index contributed by atoms with van der Waals surface area (Å²) in [5, 5.41) is 2.95. The zero-order chi connectivity index (χ0) is 16.3. The zero-order valence-corrected chi connectivity index (χ0v) is 15.0. The van der Waals surface area contributed by atoms with Crippen LogP contribution in [-0.4, -0.2) is 29.4 Å². The summed E-state index contributed by atoms with van der Waals surface area (Å²) < 4.78 is 0. The molecule has 0 bridgehead atoms. The molecule has 0 rings (SSSR count). The van der Waals surface area contributed by atoms with Crippen LogP contribution in [0.15, 0.2) is 11.8 Å². The van der Waals surface area contributed by atoms with E-state index in [2.05, 4.69) is 50.9 Å². The summed E-state index contributed by atoms with van der Waals surface area (Å²) in [6.07, 6.45) is 9.46. The summed E-state index contributed by atoms with van der Waals surface area (Å²) >= 11 is 0. The Morgan fingerprint density at radius 2 is 1.57 bits per heavy atom. The van der Waals surface area contributed by atoms with Gasteiger partial charge < -0.3 is 10.2 Å². The van der Waals surface area contributed by atoms with Crippen LogP contribution in [0.5, 0.6) is 0 Å². The normalized spacial score (nSPS) is 12.1. The minimum Gasteiger partial charge on any atom is -0.363 e. The van der Waals surface area contributed by atoms with Gasteiger partial charge in [-0.2, -0.15) is 0 Å². The maximum Gasteiger partial charge on any atom is 0.267 e. The highest BCUT2D eigenvalue weighted by molar-refractivity contribution is 5.92. The molecule has 3 heteroatoms. The molecule has 0 radical (unpaired) electrons. The van der Waals surface area contributed by atoms with E-state index in [1.165, 1.54) is 32.1 Å². The van der Waals surface area contributed by atoms with Crippen molar-refractivity contribution in [2.45, 2.75) is 92.2 Å². The fourth-order valence-electron chi connectivity index (χ4n) is 2.71. The second-order valence-electron chi connectivity index (χ2n) is 6.25. The van der Waals surface area contributed by atoms with Crippen molar-refractivity contribution in [1.29, 1.82) is 0 Å². The van der Waals surface area contributed by atoms with Crippen LogP contribution in [0.2, 0.25) is 0 Å². The van der Waals surface area contributed by atoms with Crippen LogP contribution in [0.3, 0.4) is 0 Å². The molecule has 0 aliphatic carbocycles. The summed E-state index contributed by atoms with van der Waals surface area (Å²) in [5.41, 5.74) is 0.845. The first-order valence-electron chi connectivity index (χ1n) is 8.72. The van der Waals surface area contributed by atoms with Gasteiger partial charge in [0.2, 0.25) is 0 Å². The molecule has 1 amide bonds. The number of allylic oxidation sites excluding steroid dienone is 1. The SMILES string of the molecule is CCCCCCC/C=C(\C(=O)NCC)N(C(C)C)C(C)C. The van der Waals surface area contributed by atoms with E-state index in [0.717, 1.165) is 12.1 Å². The van der Waals surface area contributed by atoms with E-state index in [4.69, 9.17) is 0 Å². The second kappa shape index (κ2) is 11.6. The number of nitrogens with one attached hydrogen (secondary N) is 1. The lowest BCUT2D eigenvalue weighted by Crippen LogP contribution is -2.42. The summed E-state index contributed by atoms with van der Waals surface area (Å²) in [6.45, 7) is 13.5. The predicted molar refractivity (Wildman–Crippen MR) is 92.3 cm³/mol. The number of carbonyl (C=O) groups is 1. The fourth-order valence-corrected chi connectivity index (χ4v) is 2.71. The van der Waals surface area contributed by atoms with Crippen molar-refractivity contribution in [3.8, 4) is 0 Å². The average molecular weight is 296 g/mol. The van der Waals surface area contributed by atoms with Crippen LogP contribution in [-0.2, 0) is 4.79 Å². The van der Waals surface area contributed by atoms with Gasteiger partial charge in [-0.25, -0.2) is 0 Å². The highest BCUT2D eigenvalue weighted by Gasteiger charge is 2.21. The molecule has 0 saturated carbocycles. The lowest BCUT2D eigenvalue weighted by Gasteiger charge is -2.34. The predicted octanol–water partition coefficient (Wildman–Crippen LogP) is 4.49. The van der Waals surface area contributed by atoms with Gasteiger partial charge in [0.25, 0.3) is 5.91 Å². The Bertz CT molecular complexity index is 300. The number of hydrogen-bond donors (Lipinski definition) is 1. The summed E-state index contributed by atoms with van der Waals surface area (Å²) in [6, 6.07) is 0.665. The quantitative estimate of drug-likeness (QED) is 0.450. The summed E-state index contributed by atoms with van der Waals surface area (Å²) in [7, 11) is 0. The van der Waals surface area contributed by atoms with Crippen molar-refractivity contribution in [3.63, 3.8) is 0 Å². The average Bonchev–Trinajstić information content (AvgIpc) is 2.40. The number of carbonyl (C=O) groups excluding carboxylic acids is 1. The summed E-state index contributed by atoms with van der Waals surface area (Å²) in [5.74, 6) is 0.0634. The molecular weight excluding hydrogens is 260 g/mol. The lowest BCUT2D eigenvalue weighted by atomic mass is 10.1.